The Morgan fingerprint density at radius 3 is 2.72 bits per heavy atom. The molecular weight excluding hydrogens is 446 g/mol. The fourth-order valence-electron chi connectivity index (χ4n) is 3.80. The number of carbonyl (C=O) groups excluding carboxylic acids is 1. The highest BCUT2D eigenvalue weighted by Crippen LogP contribution is 2.29. The van der Waals surface area contributed by atoms with Crippen molar-refractivity contribution in [1.29, 1.82) is 0 Å². The van der Waals surface area contributed by atoms with Crippen molar-refractivity contribution >= 4 is 27.3 Å². The van der Waals surface area contributed by atoms with E-state index < -0.39 is 16.1 Å². The molecular formula is C22H27N5O3S2. The van der Waals surface area contributed by atoms with Gasteiger partial charge in [-0.05, 0) is 50.8 Å². The van der Waals surface area contributed by atoms with E-state index in [2.05, 4.69) is 14.7 Å². The lowest BCUT2D eigenvalue weighted by atomic mass is 10.1. The molecule has 1 N–H and O–H groups in total. The predicted octanol–water partition coefficient (Wildman–Crippen LogP) is 3.37. The van der Waals surface area contributed by atoms with E-state index >= 15 is 0 Å². The number of sulfonamides is 1. The summed E-state index contributed by atoms with van der Waals surface area (Å²) in [6.07, 6.45) is 7.97. The Hall–Kier alpha value is -2.56. The number of aryl methyl sites for hydroxylation is 1. The predicted molar refractivity (Wildman–Crippen MR) is 124 cm³/mol. The van der Waals surface area contributed by atoms with Crippen LogP contribution >= 0.6 is 11.3 Å². The van der Waals surface area contributed by atoms with E-state index in [-0.39, 0.29) is 17.3 Å². The highest BCUT2D eigenvalue weighted by Gasteiger charge is 2.25. The van der Waals surface area contributed by atoms with Crippen LogP contribution in [0.5, 0.6) is 0 Å². The number of nitrogens with one attached hydrogen (secondary N) is 1. The first-order chi connectivity index (χ1) is 15.3. The van der Waals surface area contributed by atoms with Crippen LogP contribution in [0.4, 0.5) is 0 Å². The number of pyridine rings is 1. The van der Waals surface area contributed by atoms with Gasteiger partial charge in [0.1, 0.15) is 16.4 Å². The maximum Gasteiger partial charge on any atom is 0.242 e. The molecule has 32 heavy (non-hydrogen) atoms. The van der Waals surface area contributed by atoms with E-state index in [0.29, 0.717) is 10.7 Å². The molecule has 1 atom stereocenters. The Morgan fingerprint density at radius 2 is 2.06 bits per heavy atom. The molecule has 8 nitrogen and oxygen atoms in total. The summed E-state index contributed by atoms with van der Waals surface area (Å²) in [7, 11) is -3.82. The van der Waals surface area contributed by atoms with Crippen molar-refractivity contribution in [2.24, 2.45) is 0 Å². The minimum absolute atomic E-state index is 0.00420. The van der Waals surface area contributed by atoms with Gasteiger partial charge in [0.15, 0.2) is 0 Å². The summed E-state index contributed by atoms with van der Waals surface area (Å²) in [5.41, 5.74) is 2.25. The van der Waals surface area contributed by atoms with Gasteiger partial charge in [-0.2, -0.15) is 0 Å². The van der Waals surface area contributed by atoms with Crippen LogP contribution in [0, 0.1) is 6.92 Å². The quantitative estimate of drug-likeness (QED) is 0.567. The molecule has 0 radical (unpaired) electrons. The molecule has 0 saturated carbocycles. The summed E-state index contributed by atoms with van der Waals surface area (Å²) >= 11 is 1.43. The lowest BCUT2D eigenvalue weighted by Crippen LogP contribution is -2.37. The van der Waals surface area contributed by atoms with Crippen molar-refractivity contribution in [3.05, 3.63) is 53.4 Å². The fourth-order valence-corrected chi connectivity index (χ4v) is 5.90. The van der Waals surface area contributed by atoms with Crippen LogP contribution in [0.3, 0.4) is 0 Å². The van der Waals surface area contributed by atoms with Gasteiger partial charge in [-0.1, -0.05) is 6.07 Å². The number of hydrogen-bond donors (Lipinski definition) is 1. The van der Waals surface area contributed by atoms with Gasteiger partial charge in [0.05, 0.1) is 5.69 Å². The standard InChI is InChI=1S/C22H27N5O3S2/c1-16-15-31-22(24-16)20-11-19(13-27(20)14-21(28)26-9-4-3-5-10-26)32(29,30)25-17(2)18-7-6-8-23-12-18/h6-8,11-13,15,17,25H,3-5,9-10,14H2,1-2H3/t17-/m1/s1. The van der Waals surface area contributed by atoms with Crippen LogP contribution in [0.2, 0.25) is 0 Å². The monoisotopic (exact) mass is 473 g/mol. The van der Waals surface area contributed by atoms with Gasteiger partial charge in [0.2, 0.25) is 15.9 Å². The first-order valence-corrected chi connectivity index (χ1v) is 13.0. The van der Waals surface area contributed by atoms with Crippen LogP contribution in [-0.2, 0) is 21.4 Å². The van der Waals surface area contributed by atoms with Gasteiger partial charge >= 0.3 is 0 Å². The first-order valence-electron chi connectivity index (χ1n) is 10.7. The van der Waals surface area contributed by atoms with E-state index in [4.69, 9.17) is 0 Å². The molecule has 0 aliphatic carbocycles. The normalized spacial score (nSPS) is 15.6. The highest BCUT2D eigenvalue weighted by atomic mass is 32.2. The fraction of sp³-hybridized carbons (Fsp3) is 0.409. The molecule has 3 aromatic rings. The molecule has 0 aromatic carbocycles. The number of carbonyl (C=O) groups is 1. The van der Waals surface area contributed by atoms with Crippen molar-refractivity contribution in [2.45, 2.75) is 50.6 Å². The Kier molecular flexibility index (Phi) is 6.73. The Balaban J connectivity index is 1.63. The van der Waals surface area contributed by atoms with Gasteiger partial charge in [-0.25, -0.2) is 18.1 Å². The second-order valence-electron chi connectivity index (χ2n) is 8.05. The highest BCUT2D eigenvalue weighted by molar-refractivity contribution is 7.89. The SMILES string of the molecule is Cc1csc(-c2cc(S(=O)(=O)N[C@H](C)c3cccnc3)cn2CC(=O)N2CCCCC2)n1. The minimum atomic E-state index is -3.82. The number of aromatic nitrogens is 3. The van der Waals surface area contributed by atoms with E-state index in [0.717, 1.165) is 43.6 Å². The largest absolute Gasteiger partial charge is 0.341 e. The van der Waals surface area contributed by atoms with Crippen molar-refractivity contribution < 1.29 is 13.2 Å². The number of rotatable bonds is 7. The molecule has 1 amide bonds. The van der Waals surface area contributed by atoms with Crippen LogP contribution in [0.25, 0.3) is 10.7 Å². The molecule has 4 heterocycles. The molecule has 1 aliphatic heterocycles. The maximum atomic E-state index is 13.1. The zero-order valence-electron chi connectivity index (χ0n) is 18.2. The second-order valence-corrected chi connectivity index (χ2v) is 10.6. The summed E-state index contributed by atoms with van der Waals surface area (Å²) in [5.74, 6) is -0.00420. The zero-order chi connectivity index (χ0) is 22.7. The molecule has 1 aliphatic rings. The molecule has 10 heteroatoms. The van der Waals surface area contributed by atoms with Crippen LogP contribution in [-0.4, -0.2) is 46.8 Å². The van der Waals surface area contributed by atoms with E-state index in [9.17, 15) is 13.2 Å². The lowest BCUT2D eigenvalue weighted by molar-refractivity contribution is -0.132. The number of amides is 1. The lowest BCUT2D eigenvalue weighted by Gasteiger charge is -2.27. The average molecular weight is 474 g/mol. The third-order valence-electron chi connectivity index (χ3n) is 5.55. The van der Waals surface area contributed by atoms with E-state index in [1.807, 2.05) is 23.3 Å². The molecule has 170 valence electrons. The number of thiazole rings is 1. The molecule has 0 spiro atoms. The first kappa shape index (κ1) is 22.6. The average Bonchev–Trinajstić information content (AvgIpc) is 3.41. The van der Waals surface area contributed by atoms with Crippen LogP contribution < -0.4 is 4.72 Å². The van der Waals surface area contributed by atoms with Crippen molar-refractivity contribution in [3.63, 3.8) is 0 Å². The van der Waals surface area contributed by atoms with Gasteiger partial charge in [0, 0.05) is 48.8 Å². The smallest absolute Gasteiger partial charge is 0.242 e. The van der Waals surface area contributed by atoms with Crippen molar-refractivity contribution in [1.82, 2.24) is 24.2 Å². The minimum Gasteiger partial charge on any atom is -0.341 e. The molecule has 0 unspecified atom stereocenters. The van der Waals surface area contributed by atoms with Crippen molar-refractivity contribution in [3.8, 4) is 10.7 Å². The van der Waals surface area contributed by atoms with E-state index in [1.54, 1.807) is 36.0 Å². The summed E-state index contributed by atoms with van der Waals surface area (Å²) in [6, 6.07) is 4.75. The molecule has 0 bridgehead atoms. The molecule has 1 fully saturated rings. The Bertz CT molecular complexity index is 1180. The molecule has 1 saturated heterocycles. The van der Waals surface area contributed by atoms with Gasteiger partial charge in [-0.15, -0.1) is 11.3 Å². The number of nitrogens with zero attached hydrogens (tertiary/aromatic N) is 4. The third-order valence-corrected chi connectivity index (χ3v) is 8.04. The van der Waals surface area contributed by atoms with Crippen LogP contribution in [0.15, 0.2) is 47.1 Å². The van der Waals surface area contributed by atoms with E-state index in [1.165, 1.54) is 17.5 Å². The van der Waals surface area contributed by atoms with Crippen LogP contribution in [0.1, 0.15) is 43.5 Å². The van der Waals surface area contributed by atoms with Gasteiger partial charge < -0.3 is 9.47 Å². The summed E-state index contributed by atoms with van der Waals surface area (Å²) < 4.78 is 30.7. The summed E-state index contributed by atoms with van der Waals surface area (Å²) in [4.78, 5) is 23.4. The number of likely N-dealkylation sites (tertiary alicyclic amines) is 1. The molecule has 4 rings (SSSR count). The van der Waals surface area contributed by atoms with Crippen molar-refractivity contribution in [2.75, 3.05) is 13.1 Å². The van der Waals surface area contributed by atoms with Gasteiger partial charge in [0.25, 0.3) is 0 Å². The van der Waals surface area contributed by atoms with Gasteiger partial charge in [-0.3, -0.25) is 9.78 Å². The second kappa shape index (κ2) is 9.51. The number of piperidine rings is 1. The number of hydrogen-bond acceptors (Lipinski definition) is 6. The third kappa shape index (κ3) is 5.08. The topological polar surface area (TPSA) is 97.2 Å². The maximum absolute atomic E-state index is 13.1. The Morgan fingerprint density at radius 1 is 1.28 bits per heavy atom. The summed E-state index contributed by atoms with van der Waals surface area (Å²) in [6.45, 7) is 5.25. The molecule has 3 aromatic heterocycles. The Labute approximate surface area is 192 Å². The summed E-state index contributed by atoms with van der Waals surface area (Å²) in [5, 5.41) is 2.60. The zero-order valence-corrected chi connectivity index (χ0v) is 19.8.